The molecule has 1 aromatic heterocycles. The molecule has 0 bridgehead atoms. The van der Waals surface area contributed by atoms with Crippen LogP contribution in [0.25, 0.3) is 0 Å². The molecular formula is C6H8ClN3O. The number of hydrogen-bond acceptors (Lipinski definition) is 2. The number of rotatable bonds is 2. The molecule has 0 unspecified atom stereocenters. The molecule has 5 heteroatoms. The van der Waals surface area contributed by atoms with Gasteiger partial charge in [0.1, 0.15) is 5.15 Å². The lowest BCUT2D eigenvalue weighted by molar-refractivity contribution is -0.115. The first-order chi connectivity index (χ1) is 5.24. The molecule has 1 rings (SSSR count). The molecule has 4 nitrogen and oxygen atoms in total. The van der Waals surface area contributed by atoms with Crippen molar-refractivity contribution in [2.45, 2.75) is 13.3 Å². The van der Waals surface area contributed by atoms with Gasteiger partial charge in [0.25, 0.3) is 0 Å². The van der Waals surface area contributed by atoms with Crippen LogP contribution in [0.15, 0.2) is 6.20 Å². The quantitative estimate of drug-likeness (QED) is 0.711. The maximum atomic E-state index is 10.8. The maximum Gasteiger partial charge on any atom is 0.224 e. The van der Waals surface area contributed by atoms with Gasteiger partial charge >= 0.3 is 0 Å². The third-order valence-corrected chi connectivity index (χ3v) is 1.48. The molecule has 1 aromatic rings. The number of hydrogen-bond donors (Lipinski definition) is 2. The van der Waals surface area contributed by atoms with Crippen molar-refractivity contribution in [3.05, 3.63) is 11.3 Å². The molecular weight excluding hydrogens is 166 g/mol. The van der Waals surface area contributed by atoms with Crippen molar-refractivity contribution >= 4 is 23.2 Å². The van der Waals surface area contributed by atoms with E-state index < -0.39 is 0 Å². The van der Waals surface area contributed by atoms with Gasteiger partial charge in [-0.15, -0.1) is 0 Å². The van der Waals surface area contributed by atoms with Crippen molar-refractivity contribution in [3.8, 4) is 0 Å². The predicted molar refractivity (Wildman–Crippen MR) is 42.5 cm³/mol. The summed E-state index contributed by atoms with van der Waals surface area (Å²) in [6.45, 7) is 1.77. The Hall–Kier alpha value is -1.03. The molecule has 0 spiro atoms. The zero-order chi connectivity index (χ0) is 8.27. The highest BCUT2D eigenvalue weighted by molar-refractivity contribution is 6.32. The lowest BCUT2D eigenvalue weighted by Crippen LogP contribution is -2.08. The van der Waals surface area contributed by atoms with Crippen LogP contribution in [0, 0.1) is 0 Å². The van der Waals surface area contributed by atoms with Gasteiger partial charge in [0.2, 0.25) is 5.91 Å². The summed E-state index contributed by atoms with van der Waals surface area (Å²) in [6.07, 6.45) is 1.90. The smallest absolute Gasteiger partial charge is 0.224 e. The van der Waals surface area contributed by atoms with Gasteiger partial charge < -0.3 is 5.32 Å². The van der Waals surface area contributed by atoms with Gasteiger partial charge in [0, 0.05) is 6.42 Å². The first kappa shape index (κ1) is 8.07. The Morgan fingerprint density at radius 3 is 3.09 bits per heavy atom. The number of aromatic nitrogens is 2. The van der Waals surface area contributed by atoms with Gasteiger partial charge in [-0.05, 0) is 0 Å². The Kier molecular flexibility index (Phi) is 2.48. The molecule has 0 atom stereocenters. The average molecular weight is 174 g/mol. The normalized spacial score (nSPS) is 9.64. The first-order valence-corrected chi connectivity index (χ1v) is 3.60. The highest BCUT2D eigenvalue weighted by atomic mass is 35.5. The van der Waals surface area contributed by atoms with Gasteiger partial charge in [0.05, 0.1) is 11.9 Å². The van der Waals surface area contributed by atoms with Gasteiger partial charge in [-0.3, -0.25) is 9.89 Å². The average Bonchev–Trinajstić information content (AvgIpc) is 2.37. The number of nitrogens with zero attached hydrogens (tertiary/aromatic N) is 1. The summed E-state index contributed by atoms with van der Waals surface area (Å²) in [4.78, 5) is 10.8. The van der Waals surface area contributed by atoms with Crippen LogP contribution in [0.3, 0.4) is 0 Å². The molecule has 2 N–H and O–H groups in total. The van der Waals surface area contributed by atoms with E-state index in [2.05, 4.69) is 15.5 Å². The highest BCUT2D eigenvalue weighted by Crippen LogP contribution is 2.16. The van der Waals surface area contributed by atoms with Crippen molar-refractivity contribution in [3.63, 3.8) is 0 Å². The van der Waals surface area contributed by atoms with Gasteiger partial charge in [-0.2, -0.15) is 5.10 Å². The SMILES string of the molecule is CCC(=O)Nc1cn[nH]c1Cl. The Balaban J connectivity index is 2.64. The van der Waals surface area contributed by atoms with Crippen LogP contribution in [0.5, 0.6) is 0 Å². The standard InChI is InChI=1S/C6H8ClN3O/c1-2-5(11)9-4-3-8-10-6(4)7/h3H,2H2,1H3,(H,8,10)(H,9,11). The molecule has 11 heavy (non-hydrogen) atoms. The van der Waals surface area contributed by atoms with Crippen molar-refractivity contribution in [2.75, 3.05) is 5.32 Å². The van der Waals surface area contributed by atoms with E-state index >= 15 is 0 Å². The summed E-state index contributed by atoms with van der Waals surface area (Å²) in [6, 6.07) is 0. The van der Waals surface area contributed by atoms with E-state index in [-0.39, 0.29) is 5.91 Å². The fourth-order valence-electron chi connectivity index (χ4n) is 0.596. The minimum Gasteiger partial charge on any atom is -0.322 e. The van der Waals surface area contributed by atoms with E-state index in [0.717, 1.165) is 0 Å². The predicted octanol–water partition coefficient (Wildman–Crippen LogP) is 1.41. The van der Waals surface area contributed by atoms with Crippen molar-refractivity contribution in [1.82, 2.24) is 10.2 Å². The van der Waals surface area contributed by atoms with Crippen molar-refractivity contribution in [1.29, 1.82) is 0 Å². The van der Waals surface area contributed by atoms with Crippen LogP contribution in [0.2, 0.25) is 5.15 Å². The molecule has 0 saturated heterocycles. The first-order valence-electron chi connectivity index (χ1n) is 3.22. The summed E-state index contributed by atoms with van der Waals surface area (Å²) in [7, 11) is 0. The van der Waals surface area contributed by atoms with E-state index in [0.29, 0.717) is 17.3 Å². The van der Waals surface area contributed by atoms with Crippen LogP contribution < -0.4 is 5.32 Å². The summed E-state index contributed by atoms with van der Waals surface area (Å²) < 4.78 is 0. The number of aromatic amines is 1. The van der Waals surface area contributed by atoms with Crippen LogP contribution in [0.1, 0.15) is 13.3 Å². The monoisotopic (exact) mass is 173 g/mol. The van der Waals surface area contributed by atoms with Gasteiger partial charge in [0.15, 0.2) is 0 Å². The molecule has 1 heterocycles. The fraction of sp³-hybridized carbons (Fsp3) is 0.333. The van der Waals surface area contributed by atoms with Crippen molar-refractivity contribution < 1.29 is 4.79 Å². The number of carbonyl (C=O) groups is 1. The molecule has 1 amide bonds. The second-order valence-corrected chi connectivity index (χ2v) is 2.38. The Morgan fingerprint density at radius 2 is 2.64 bits per heavy atom. The van der Waals surface area contributed by atoms with Crippen LogP contribution >= 0.6 is 11.6 Å². The van der Waals surface area contributed by atoms with Crippen LogP contribution in [0.4, 0.5) is 5.69 Å². The highest BCUT2D eigenvalue weighted by Gasteiger charge is 2.03. The molecule has 0 aliphatic rings. The zero-order valence-corrected chi connectivity index (χ0v) is 6.77. The largest absolute Gasteiger partial charge is 0.322 e. The maximum absolute atomic E-state index is 10.8. The summed E-state index contributed by atoms with van der Waals surface area (Å²) >= 11 is 5.61. The lowest BCUT2D eigenvalue weighted by atomic mass is 10.4. The topological polar surface area (TPSA) is 57.8 Å². The van der Waals surface area contributed by atoms with E-state index in [1.807, 2.05) is 0 Å². The Labute approximate surface area is 68.9 Å². The van der Waals surface area contributed by atoms with E-state index in [4.69, 9.17) is 11.6 Å². The molecule has 0 saturated carbocycles. The summed E-state index contributed by atoms with van der Waals surface area (Å²) in [5.41, 5.74) is 0.526. The molecule has 0 aliphatic carbocycles. The molecule has 0 aliphatic heterocycles. The van der Waals surface area contributed by atoms with Gasteiger partial charge in [-0.25, -0.2) is 0 Å². The Morgan fingerprint density at radius 1 is 1.91 bits per heavy atom. The minimum absolute atomic E-state index is 0.0756. The summed E-state index contributed by atoms with van der Waals surface area (Å²) in [5, 5.41) is 9.06. The zero-order valence-electron chi connectivity index (χ0n) is 6.02. The van der Waals surface area contributed by atoms with E-state index in [1.54, 1.807) is 6.92 Å². The van der Waals surface area contributed by atoms with Crippen LogP contribution in [-0.4, -0.2) is 16.1 Å². The van der Waals surface area contributed by atoms with Crippen LogP contribution in [-0.2, 0) is 4.79 Å². The minimum atomic E-state index is -0.0756. The Bertz CT molecular complexity index is 258. The van der Waals surface area contributed by atoms with Crippen molar-refractivity contribution in [2.24, 2.45) is 0 Å². The third-order valence-electron chi connectivity index (χ3n) is 1.19. The lowest BCUT2D eigenvalue weighted by Gasteiger charge is -1.97. The molecule has 60 valence electrons. The van der Waals surface area contributed by atoms with Gasteiger partial charge in [-0.1, -0.05) is 18.5 Å². The number of carbonyl (C=O) groups excluding carboxylic acids is 1. The number of halogens is 1. The molecule has 0 radical (unpaired) electrons. The second kappa shape index (κ2) is 3.39. The number of anilines is 1. The number of amides is 1. The molecule has 0 aromatic carbocycles. The van der Waals surface area contributed by atoms with E-state index in [9.17, 15) is 4.79 Å². The fourth-order valence-corrected chi connectivity index (χ4v) is 0.741. The summed E-state index contributed by atoms with van der Waals surface area (Å²) in [5.74, 6) is -0.0756. The third kappa shape index (κ3) is 1.94. The second-order valence-electron chi connectivity index (χ2n) is 2.00. The number of nitrogens with one attached hydrogen (secondary N) is 2. The van der Waals surface area contributed by atoms with E-state index in [1.165, 1.54) is 6.20 Å². The molecule has 0 fully saturated rings. The number of H-pyrrole nitrogens is 1.